The Labute approximate surface area is 190 Å². The van der Waals surface area contributed by atoms with E-state index in [1.165, 1.54) is 6.92 Å². The van der Waals surface area contributed by atoms with Crippen molar-refractivity contribution in [2.24, 2.45) is 5.92 Å². The maximum atomic E-state index is 12.9. The largest absolute Gasteiger partial charge is 0.481 e. The number of hydrogen-bond donors (Lipinski definition) is 3. The summed E-state index contributed by atoms with van der Waals surface area (Å²) in [6.07, 6.45) is -4.32. The lowest BCUT2D eigenvalue weighted by Crippen LogP contribution is -2.44. The quantitative estimate of drug-likeness (QED) is 0.501. The van der Waals surface area contributed by atoms with Crippen LogP contribution in [0.2, 0.25) is 0 Å². The molecule has 0 saturated carbocycles. The number of carboxylic acids is 1. The number of carbonyl (C=O) groups is 3. The van der Waals surface area contributed by atoms with Crippen LogP contribution in [-0.4, -0.2) is 48.7 Å². The van der Waals surface area contributed by atoms with Gasteiger partial charge in [-0.15, -0.1) is 0 Å². The molecule has 9 heteroatoms. The Kier molecular flexibility index (Phi) is 7.97. The molecule has 0 spiro atoms. The Hall–Kier alpha value is -3.49. The van der Waals surface area contributed by atoms with Gasteiger partial charge in [0.1, 0.15) is 12.6 Å². The molecule has 0 bridgehead atoms. The first-order valence-electron chi connectivity index (χ1n) is 10.7. The number of carbonyl (C=O) groups excluding carboxylic acids is 2. The van der Waals surface area contributed by atoms with Crippen molar-refractivity contribution in [2.75, 3.05) is 13.2 Å². The summed E-state index contributed by atoms with van der Waals surface area (Å²) in [5.74, 6) is -2.90. The molecule has 2 amide bonds. The van der Waals surface area contributed by atoms with Crippen LogP contribution in [0.15, 0.2) is 48.5 Å². The second kappa shape index (κ2) is 10.9. The van der Waals surface area contributed by atoms with Crippen molar-refractivity contribution >= 4 is 18.0 Å². The number of rotatable bonds is 10. The van der Waals surface area contributed by atoms with Gasteiger partial charge in [-0.1, -0.05) is 55.5 Å². The van der Waals surface area contributed by atoms with Crippen molar-refractivity contribution < 1.29 is 33.0 Å². The van der Waals surface area contributed by atoms with E-state index in [1.807, 2.05) is 48.5 Å². The summed E-state index contributed by atoms with van der Waals surface area (Å²) in [6, 6.07) is 14.2. The highest BCUT2D eigenvalue weighted by atomic mass is 19.3. The Morgan fingerprint density at radius 2 is 1.61 bits per heavy atom. The van der Waals surface area contributed by atoms with Crippen LogP contribution in [0, 0.1) is 5.92 Å². The molecule has 3 rings (SSSR count). The second-order valence-corrected chi connectivity index (χ2v) is 7.99. The van der Waals surface area contributed by atoms with Gasteiger partial charge >= 0.3 is 12.1 Å². The van der Waals surface area contributed by atoms with Gasteiger partial charge < -0.3 is 20.5 Å². The lowest BCUT2D eigenvalue weighted by atomic mass is 9.98. The van der Waals surface area contributed by atoms with Crippen LogP contribution in [0.5, 0.6) is 0 Å². The molecular formula is C24H26F2N2O5. The molecule has 2 unspecified atom stereocenters. The molecule has 0 aliphatic heterocycles. The normalized spacial score (nSPS) is 14.2. The van der Waals surface area contributed by atoms with Crippen molar-refractivity contribution in [3.8, 4) is 11.1 Å². The first-order valence-corrected chi connectivity index (χ1v) is 10.7. The Morgan fingerprint density at radius 3 is 2.15 bits per heavy atom. The highest BCUT2D eigenvalue weighted by molar-refractivity contribution is 5.80. The van der Waals surface area contributed by atoms with Gasteiger partial charge in [-0.2, -0.15) is 0 Å². The number of hydrogen-bond acceptors (Lipinski definition) is 4. The van der Waals surface area contributed by atoms with Gasteiger partial charge in [0.05, 0.1) is 6.42 Å². The summed E-state index contributed by atoms with van der Waals surface area (Å²) in [7, 11) is 0. The van der Waals surface area contributed by atoms with Gasteiger partial charge in [0.2, 0.25) is 5.91 Å². The van der Waals surface area contributed by atoms with Crippen molar-refractivity contribution in [3.05, 3.63) is 59.7 Å². The zero-order valence-electron chi connectivity index (χ0n) is 18.1. The zero-order chi connectivity index (χ0) is 24.0. The first-order chi connectivity index (χ1) is 15.8. The van der Waals surface area contributed by atoms with Crippen LogP contribution in [0.4, 0.5) is 13.6 Å². The van der Waals surface area contributed by atoms with E-state index in [4.69, 9.17) is 9.84 Å². The van der Waals surface area contributed by atoms with Crippen molar-refractivity contribution in [2.45, 2.75) is 38.2 Å². The Balaban J connectivity index is 1.46. The van der Waals surface area contributed by atoms with E-state index in [0.29, 0.717) is 0 Å². The van der Waals surface area contributed by atoms with Crippen LogP contribution >= 0.6 is 0 Å². The fourth-order valence-electron chi connectivity index (χ4n) is 3.89. The minimum Gasteiger partial charge on any atom is -0.481 e. The predicted molar refractivity (Wildman–Crippen MR) is 117 cm³/mol. The molecule has 0 heterocycles. The Bertz CT molecular complexity index is 968. The highest BCUT2D eigenvalue weighted by Crippen LogP contribution is 2.44. The molecule has 7 nitrogen and oxygen atoms in total. The molecule has 2 aromatic carbocycles. The van der Waals surface area contributed by atoms with E-state index < -0.39 is 42.8 Å². The number of ether oxygens (including phenoxy) is 1. The van der Waals surface area contributed by atoms with Gasteiger partial charge in [0.15, 0.2) is 0 Å². The number of nitrogens with one attached hydrogen (secondary N) is 2. The number of benzene rings is 2. The number of halogens is 2. The minimum absolute atomic E-state index is 0.0756. The van der Waals surface area contributed by atoms with E-state index in [0.717, 1.165) is 22.3 Å². The van der Waals surface area contributed by atoms with Gasteiger partial charge in [0, 0.05) is 18.4 Å². The third-order valence-corrected chi connectivity index (χ3v) is 5.66. The molecule has 176 valence electrons. The Morgan fingerprint density at radius 1 is 1.03 bits per heavy atom. The third-order valence-electron chi connectivity index (χ3n) is 5.66. The number of amides is 2. The van der Waals surface area contributed by atoms with Gasteiger partial charge in [-0.25, -0.2) is 13.6 Å². The van der Waals surface area contributed by atoms with Crippen LogP contribution in [0.3, 0.4) is 0 Å². The molecule has 0 aromatic heterocycles. The number of fused-ring (bicyclic) bond motifs is 3. The van der Waals surface area contributed by atoms with Crippen molar-refractivity contribution in [1.29, 1.82) is 0 Å². The maximum absolute atomic E-state index is 12.9. The molecule has 0 radical (unpaired) electrons. The van der Waals surface area contributed by atoms with Crippen LogP contribution in [0.25, 0.3) is 11.1 Å². The highest BCUT2D eigenvalue weighted by Gasteiger charge is 2.29. The van der Waals surface area contributed by atoms with Crippen molar-refractivity contribution in [1.82, 2.24) is 10.6 Å². The summed E-state index contributed by atoms with van der Waals surface area (Å²) in [5.41, 5.74) is 4.41. The first kappa shape index (κ1) is 24.2. The SMILES string of the molecule is CC(CCNC(=O)OCC1c2ccccc2-c2ccccc21)C(=O)NC(CC(=O)O)C(F)F. The van der Waals surface area contributed by atoms with E-state index in [1.54, 1.807) is 0 Å². The predicted octanol–water partition coefficient (Wildman–Crippen LogP) is 3.78. The van der Waals surface area contributed by atoms with Crippen LogP contribution in [0.1, 0.15) is 36.8 Å². The molecular weight excluding hydrogens is 434 g/mol. The standard InChI is InChI=1S/C24H26F2N2O5/c1-14(23(31)28-20(22(25)26)12-21(29)30)10-11-27-24(32)33-13-19-17-8-4-2-6-15(17)16-7-3-5-9-18(16)19/h2-9,14,19-20,22H,10-13H2,1H3,(H,27,32)(H,28,31)(H,29,30). The lowest BCUT2D eigenvalue weighted by molar-refractivity contribution is -0.139. The third kappa shape index (κ3) is 6.06. The van der Waals surface area contributed by atoms with Gasteiger partial charge in [-0.3, -0.25) is 9.59 Å². The maximum Gasteiger partial charge on any atom is 0.407 e. The molecule has 3 N–H and O–H groups in total. The second-order valence-electron chi connectivity index (χ2n) is 7.99. The number of alkyl carbamates (subject to hydrolysis) is 1. The van der Waals surface area contributed by atoms with Crippen LogP contribution in [-0.2, 0) is 14.3 Å². The molecule has 2 aromatic rings. The van der Waals surface area contributed by atoms with Crippen LogP contribution < -0.4 is 10.6 Å². The van der Waals surface area contributed by atoms with E-state index in [2.05, 4.69) is 10.6 Å². The number of carboxylic acid groups (broad SMARTS) is 1. The molecule has 1 aliphatic rings. The smallest absolute Gasteiger partial charge is 0.407 e. The molecule has 33 heavy (non-hydrogen) atoms. The summed E-state index contributed by atoms with van der Waals surface area (Å²) >= 11 is 0. The minimum atomic E-state index is -2.99. The lowest BCUT2D eigenvalue weighted by Gasteiger charge is -2.19. The fourth-order valence-corrected chi connectivity index (χ4v) is 3.89. The van der Waals surface area contributed by atoms with E-state index in [-0.39, 0.29) is 25.5 Å². The molecule has 2 atom stereocenters. The van der Waals surface area contributed by atoms with Crippen molar-refractivity contribution in [3.63, 3.8) is 0 Å². The zero-order valence-corrected chi connectivity index (χ0v) is 18.1. The summed E-state index contributed by atoms with van der Waals surface area (Å²) in [4.78, 5) is 34.9. The summed E-state index contributed by atoms with van der Waals surface area (Å²) in [6.45, 7) is 1.77. The number of alkyl halides is 2. The van der Waals surface area contributed by atoms with E-state index >= 15 is 0 Å². The van der Waals surface area contributed by atoms with Gasteiger partial charge in [-0.05, 0) is 28.7 Å². The molecule has 1 aliphatic carbocycles. The molecule has 0 fully saturated rings. The van der Waals surface area contributed by atoms with E-state index in [9.17, 15) is 23.2 Å². The average Bonchev–Trinajstić information content (AvgIpc) is 3.10. The average molecular weight is 460 g/mol. The summed E-state index contributed by atoms with van der Waals surface area (Å²) in [5, 5.41) is 13.3. The van der Waals surface area contributed by atoms with Gasteiger partial charge in [0.25, 0.3) is 6.43 Å². The summed E-state index contributed by atoms with van der Waals surface area (Å²) < 4.78 is 31.2. The molecule has 0 saturated heterocycles. The topological polar surface area (TPSA) is 105 Å². The fraction of sp³-hybridized carbons (Fsp3) is 0.375. The number of aliphatic carboxylic acids is 1. The monoisotopic (exact) mass is 460 g/mol.